The van der Waals surface area contributed by atoms with Gasteiger partial charge in [-0.05, 0) is 70.8 Å². The minimum atomic E-state index is -0.416. The lowest BCUT2D eigenvalue weighted by Crippen LogP contribution is -2.52. The van der Waals surface area contributed by atoms with Crippen LogP contribution in [0.1, 0.15) is 68.8 Å². The molecule has 4 heterocycles. The fourth-order valence-corrected chi connectivity index (χ4v) is 6.90. The summed E-state index contributed by atoms with van der Waals surface area (Å²) in [4.78, 5) is 35.3. The number of amides is 2. The fourth-order valence-electron chi connectivity index (χ4n) is 6.90. The molecule has 2 saturated heterocycles. The van der Waals surface area contributed by atoms with Crippen molar-refractivity contribution in [3.8, 4) is 0 Å². The van der Waals surface area contributed by atoms with Gasteiger partial charge >= 0.3 is 0 Å². The number of aliphatic imine (C=N–C) groups is 1. The van der Waals surface area contributed by atoms with E-state index in [1.807, 2.05) is 32.2 Å². The summed E-state index contributed by atoms with van der Waals surface area (Å²) in [5.41, 5.74) is 4.41. The molecule has 2 amide bonds. The third-order valence-corrected chi connectivity index (χ3v) is 9.16. The third-order valence-electron chi connectivity index (χ3n) is 9.16. The molecule has 1 aliphatic carbocycles. The van der Waals surface area contributed by atoms with Gasteiger partial charge < -0.3 is 15.5 Å². The quantitative estimate of drug-likeness (QED) is 0.594. The van der Waals surface area contributed by atoms with Crippen LogP contribution in [0.4, 0.5) is 5.69 Å². The first kappa shape index (κ1) is 26.2. The van der Waals surface area contributed by atoms with Gasteiger partial charge in [0, 0.05) is 55.6 Å². The number of rotatable bonds is 6. The van der Waals surface area contributed by atoms with Gasteiger partial charge in [-0.2, -0.15) is 5.10 Å². The van der Waals surface area contributed by atoms with E-state index in [9.17, 15) is 9.59 Å². The zero-order chi connectivity index (χ0) is 26.9. The molecule has 9 nitrogen and oxygen atoms in total. The summed E-state index contributed by atoms with van der Waals surface area (Å²) < 4.78 is 2.16. The van der Waals surface area contributed by atoms with E-state index in [4.69, 9.17) is 5.10 Å². The van der Waals surface area contributed by atoms with Crippen LogP contribution < -0.4 is 15.5 Å². The Labute approximate surface area is 230 Å². The smallest absolute Gasteiger partial charge is 0.254 e. The molecule has 0 bridgehead atoms. The van der Waals surface area contributed by atoms with Crippen molar-refractivity contribution in [2.45, 2.75) is 64.5 Å². The molecule has 39 heavy (non-hydrogen) atoms. The molecule has 3 aliphatic heterocycles. The molecule has 208 valence electrons. The number of nitrogens with zero attached hydrogens (tertiary/aromatic N) is 5. The first-order valence-electron chi connectivity index (χ1n) is 14.7. The van der Waals surface area contributed by atoms with Crippen molar-refractivity contribution in [1.29, 1.82) is 0 Å². The van der Waals surface area contributed by atoms with Crippen molar-refractivity contribution in [2.75, 3.05) is 50.7 Å². The Bertz CT molecular complexity index is 1290. The highest BCUT2D eigenvalue weighted by Crippen LogP contribution is 2.35. The SMILES string of the molecule is CC1=CC(C)=NC(=O)C1CNC(=O)c1cc(N2CCN(C3CCNCC3)CC2)cc2c1cnn2C1CCCC1. The van der Waals surface area contributed by atoms with Crippen LogP contribution in [0, 0.1) is 5.92 Å². The minimum Gasteiger partial charge on any atom is -0.369 e. The Morgan fingerprint density at radius 2 is 1.77 bits per heavy atom. The average Bonchev–Trinajstić information content (AvgIpc) is 3.62. The van der Waals surface area contributed by atoms with Crippen LogP contribution in [0.15, 0.2) is 35.0 Å². The first-order valence-corrected chi connectivity index (χ1v) is 14.7. The molecule has 1 unspecified atom stereocenters. The Morgan fingerprint density at radius 1 is 1.03 bits per heavy atom. The standard InChI is InChI=1S/C30H41N7O2/c1-20-15-21(2)34-30(39)26(20)18-32-29(38)25-16-24(17-28-27(25)19-33-37(28)23-5-3-4-6-23)36-13-11-35(12-14-36)22-7-9-31-10-8-22/h15-17,19,22-23,26,31H,3-14,18H2,1-2H3,(H,32,38). The Hall–Kier alpha value is -3.04. The molecular formula is C30H41N7O2. The van der Waals surface area contributed by atoms with Crippen LogP contribution in [0.25, 0.3) is 10.9 Å². The van der Waals surface area contributed by atoms with Gasteiger partial charge in [0.1, 0.15) is 0 Å². The van der Waals surface area contributed by atoms with Gasteiger partial charge in [0.25, 0.3) is 11.8 Å². The third kappa shape index (κ3) is 5.39. The van der Waals surface area contributed by atoms with Crippen molar-refractivity contribution >= 4 is 34.1 Å². The Morgan fingerprint density at radius 3 is 2.49 bits per heavy atom. The largest absolute Gasteiger partial charge is 0.369 e. The normalized spacial score (nSPS) is 23.8. The van der Waals surface area contributed by atoms with Crippen molar-refractivity contribution in [1.82, 2.24) is 25.3 Å². The second kappa shape index (κ2) is 11.2. The number of aromatic nitrogens is 2. The van der Waals surface area contributed by atoms with Crippen LogP contribution in [-0.2, 0) is 4.79 Å². The minimum absolute atomic E-state index is 0.159. The average molecular weight is 532 g/mol. The Balaban J connectivity index is 1.25. The van der Waals surface area contributed by atoms with E-state index in [1.165, 1.54) is 25.7 Å². The monoisotopic (exact) mass is 531 g/mol. The van der Waals surface area contributed by atoms with Crippen LogP contribution in [0.2, 0.25) is 0 Å². The number of fused-ring (bicyclic) bond motifs is 1. The van der Waals surface area contributed by atoms with Crippen molar-refractivity contribution < 1.29 is 9.59 Å². The molecule has 1 aromatic heterocycles. The number of hydrogen-bond acceptors (Lipinski definition) is 6. The molecule has 6 rings (SSSR count). The van der Waals surface area contributed by atoms with Crippen molar-refractivity contribution in [2.24, 2.45) is 10.9 Å². The second-order valence-corrected chi connectivity index (χ2v) is 11.7. The topological polar surface area (TPSA) is 94.9 Å². The molecule has 0 spiro atoms. The predicted octanol–water partition coefficient (Wildman–Crippen LogP) is 3.32. The molecule has 2 N–H and O–H groups in total. The summed E-state index contributed by atoms with van der Waals surface area (Å²) in [5.74, 6) is -0.763. The number of carbonyl (C=O) groups excluding carboxylic acids is 2. The molecular weight excluding hydrogens is 490 g/mol. The van der Waals surface area contributed by atoms with Gasteiger partial charge in [-0.15, -0.1) is 0 Å². The highest BCUT2D eigenvalue weighted by Gasteiger charge is 2.29. The van der Waals surface area contributed by atoms with E-state index < -0.39 is 5.92 Å². The van der Waals surface area contributed by atoms with Crippen LogP contribution in [0.5, 0.6) is 0 Å². The van der Waals surface area contributed by atoms with E-state index in [0.717, 1.165) is 74.3 Å². The van der Waals surface area contributed by atoms with Gasteiger partial charge in [-0.25, -0.2) is 4.99 Å². The van der Waals surface area contributed by atoms with Gasteiger partial charge in [0.05, 0.1) is 29.2 Å². The lowest BCUT2D eigenvalue weighted by atomic mass is 9.95. The summed E-state index contributed by atoms with van der Waals surface area (Å²) in [5, 5.41) is 12.2. The van der Waals surface area contributed by atoms with Gasteiger partial charge in [0.2, 0.25) is 0 Å². The summed E-state index contributed by atoms with van der Waals surface area (Å²) >= 11 is 0. The maximum atomic E-state index is 13.7. The summed E-state index contributed by atoms with van der Waals surface area (Å²) in [7, 11) is 0. The molecule has 1 atom stereocenters. The van der Waals surface area contributed by atoms with E-state index in [2.05, 4.69) is 36.2 Å². The highest BCUT2D eigenvalue weighted by atomic mass is 16.2. The second-order valence-electron chi connectivity index (χ2n) is 11.7. The van der Waals surface area contributed by atoms with Crippen LogP contribution in [0.3, 0.4) is 0 Å². The molecule has 3 fully saturated rings. The van der Waals surface area contributed by atoms with Gasteiger partial charge in [0.15, 0.2) is 0 Å². The number of piperazine rings is 1. The maximum Gasteiger partial charge on any atom is 0.254 e. The molecule has 4 aliphatic rings. The number of dihydropyridines is 1. The number of allylic oxidation sites excluding steroid dienone is 1. The first-order chi connectivity index (χ1) is 19.0. The summed E-state index contributed by atoms with van der Waals surface area (Å²) in [6, 6.07) is 5.34. The number of anilines is 1. The number of nitrogens with one attached hydrogen (secondary N) is 2. The molecule has 1 saturated carbocycles. The van der Waals surface area contributed by atoms with Gasteiger partial charge in [-0.1, -0.05) is 18.4 Å². The molecule has 1 aromatic carbocycles. The number of carbonyl (C=O) groups is 2. The summed E-state index contributed by atoms with van der Waals surface area (Å²) in [6.45, 7) is 10.2. The molecule has 0 radical (unpaired) electrons. The van der Waals surface area contributed by atoms with E-state index in [0.29, 0.717) is 23.4 Å². The molecule has 9 heteroatoms. The van der Waals surface area contributed by atoms with Crippen molar-refractivity contribution in [3.05, 3.63) is 35.5 Å². The number of hydrogen-bond donors (Lipinski definition) is 2. The number of benzene rings is 1. The van der Waals surface area contributed by atoms with E-state index >= 15 is 0 Å². The highest BCUT2D eigenvalue weighted by molar-refractivity contribution is 6.08. The zero-order valence-electron chi connectivity index (χ0n) is 23.3. The maximum absolute atomic E-state index is 13.7. The fraction of sp³-hybridized carbons (Fsp3) is 0.600. The molecule has 2 aromatic rings. The van der Waals surface area contributed by atoms with Crippen molar-refractivity contribution in [3.63, 3.8) is 0 Å². The number of piperidine rings is 1. The lowest BCUT2D eigenvalue weighted by Gasteiger charge is -2.41. The van der Waals surface area contributed by atoms with Gasteiger partial charge in [-0.3, -0.25) is 19.2 Å². The van der Waals surface area contributed by atoms with Crippen LogP contribution >= 0.6 is 0 Å². The van der Waals surface area contributed by atoms with E-state index in [1.54, 1.807) is 0 Å². The Kier molecular flexibility index (Phi) is 7.53. The van der Waals surface area contributed by atoms with E-state index in [-0.39, 0.29) is 18.4 Å². The zero-order valence-corrected chi connectivity index (χ0v) is 23.3. The summed E-state index contributed by atoms with van der Waals surface area (Å²) in [6.07, 6.45) is 10.9. The lowest BCUT2D eigenvalue weighted by molar-refractivity contribution is -0.120. The van der Waals surface area contributed by atoms with Crippen LogP contribution in [-0.4, -0.2) is 84.1 Å². The predicted molar refractivity (Wildman–Crippen MR) is 155 cm³/mol.